The van der Waals surface area contributed by atoms with Crippen LogP contribution in [0.3, 0.4) is 0 Å². The predicted molar refractivity (Wildman–Crippen MR) is 420 cm³/mol. The third-order valence-corrected chi connectivity index (χ3v) is 20.4. The quantitative estimate of drug-likeness (QED) is 0.0933. The largest absolute Gasteiger partial charge is 0.456 e. The number of furan rings is 3. The van der Waals surface area contributed by atoms with Crippen molar-refractivity contribution in [2.24, 2.45) is 4.99 Å². The van der Waals surface area contributed by atoms with Gasteiger partial charge in [-0.25, -0.2) is 9.98 Å². The van der Waals surface area contributed by atoms with Crippen LogP contribution < -0.4 is 25.1 Å². The van der Waals surface area contributed by atoms with Crippen LogP contribution in [-0.4, -0.2) is 23.8 Å². The molecule has 0 atom stereocenters. The molecule has 2 aliphatic rings. The van der Waals surface area contributed by atoms with Gasteiger partial charge < -0.3 is 23.1 Å². The third kappa shape index (κ3) is 9.46. The van der Waals surface area contributed by atoms with Crippen molar-refractivity contribution in [1.82, 2.24) is 4.98 Å². The van der Waals surface area contributed by atoms with Gasteiger partial charge in [0.1, 0.15) is 39.8 Å². The van der Waals surface area contributed by atoms with Crippen LogP contribution in [0.1, 0.15) is 22.3 Å². The van der Waals surface area contributed by atoms with Gasteiger partial charge in [-0.3, -0.25) is 4.90 Å². The number of anilines is 5. The number of hydrogen-bond donors (Lipinski definition) is 0. The number of fused-ring (bicyclic) bond motifs is 16. The van der Waals surface area contributed by atoms with Gasteiger partial charge in [0.25, 0.3) is 0 Å². The number of benzene rings is 14. The maximum Gasteiger partial charge on any atom is 0.159 e. The summed E-state index contributed by atoms with van der Waals surface area (Å²) in [5.41, 5.74) is 17.6. The molecule has 0 saturated heterocycles. The van der Waals surface area contributed by atoms with E-state index >= 15 is 0 Å². The molecule has 0 unspecified atom stereocenters. The normalized spacial score (nSPS) is 13.2. The van der Waals surface area contributed by atoms with Crippen molar-refractivity contribution >= 4 is 156 Å². The zero-order chi connectivity index (χ0) is 67.4. The Bertz CT molecular complexity index is 6760. The number of hydrogen-bond acceptors (Lipinski definition) is 9. The summed E-state index contributed by atoms with van der Waals surface area (Å²) in [6.07, 6.45) is 13.1. The van der Waals surface area contributed by atoms with E-state index in [1.165, 1.54) is 27.1 Å². The maximum absolute atomic E-state index is 12.5. The Kier molecular flexibility index (Phi) is 13.6. The van der Waals surface area contributed by atoms with Crippen molar-refractivity contribution in [3.63, 3.8) is 0 Å². The molecule has 0 bridgehead atoms. The Balaban J connectivity index is 0.910. The Hall–Kier alpha value is -13.8. The average Bonchev–Trinajstić information content (AvgIpc) is 1.42. The molecule has 2 aliphatic heterocycles. The van der Waals surface area contributed by atoms with Crippen molar-refractivity contribution in [3.8, 4) is 28.3 Å². The fraction of sp³-hybridized carbons (Fsp3) is 0.0215. The predicted octanol–water partition coefficient (Wildman–Crippen LogP) is 22.5. The van der Waals surface area contributed by atoms with Gasteiger partial charge >= 0.3 is 0 Å². The molecule has 0 N–H and O–H groups in total. The lowest BCUT2D eigenvalue weighted by molar-refractivity contribution is 0.669. The summed E-state index contributed by atoms with van der Waals surface area (Å²) in [6.45, 7) is 1.19. The molecule has 0 saturated carbocycles. The summed E-state index contributed by atoms with van der Waals surface area (Å²) in [6, 6.07) is 104. The first-order chi connectivity index (χ1) is 50.5. The van der Waals surface area contributed by atoms with Crippen molar-refractivity contribution < 1.29 is 13.3 Å². The second-order valence-electron chi connectivity index (χ2n) is 26.1. The second-order valence-corrected chi connectivity index (χ2v) is 26.1. The zero-order valence-corrected chi connectivity index (χ0v) is 55.0. The molecule has 20 rings (SSSR count). The first-order valence-electron chi connectivity index (χ1n) is 34.4. The highest BCUT2D eigenvalue weighted by Crippen LogP contribution is 2.53. The van der Waals surface area contributed by atoms with E-state index in [1.807, 2.05) is 103 Å². The van der Waals surface area contributed by atoms with Crippen LogP contribution >= 0.6 is 0 Å². The van der Waals surface area contributed by atoms with E-state index in [4.69, 9.17) is 23.2 Å². The smallest absolute Gasteiger partial charge is 0.159 e. The monoisotopic (exact) mass is 1310 g/mol. The Morgan fingerprint density at radius 2 is 1.15 bits per heavy atom. The zero-order valence-electron chi connectivity index (χ0n) is 55.0. The minimum Gasteiger partial charge on any atom is -0.456 e. The molecule has 9 nitrogen and oxygen atoms in total. The molecule has 0 fully saturated rings. The van der Waals surface area contributed by atoms with E-state index < -0.39 is 0 Å². The Labute approximate surface area is 585 Å². The van der Waals surface area contributed by atoms with Gasteiger partial charge in [-0.05, 0) is 145 Å². The van der Waals surface area contributed by atoms with E-state index in [-0.39, 0.29) is 0 Å². The summed E-state index contributed by atoms with van der Waals surface area (Å²) >= 11 is 0. The van der Waals surface area contributed by atoms with E-state index in [1.54, 1.807) is 0 Å². The molecule has 478 valence electrons. The van der Waals surface area contributed by atoms with Crippen LogP contribution in [0.4, 0.5) is 34.3 Å². The number of rotatable bonds is 11. The molecule has 0 radical (unpaired) electrons. The molecular formula is C93H58N6O3. The number of aliphatic imine (C=N–C) groups is 1. The lowest BCUT2D eigenvalue weighted by atomic mass is 9.83. The lowest BCUT2D eigenvalue weighted by Gasteiger charge is -2.26. The number of para-hydroxylation sites is 3. The second kappa shape index (κ2) is 23.7. The third-order valence-electron chi connectivity index (χ3n) is 20.4. The van der Waals surface area contributed by atoms with Crippen LogP contribution in [0.25, 0.3) is 138 Å². The van der Waals surface area contributed by atoms with E-state index in [0.29, 0.717) is 63.5 Å². The van der Waals surface area contributed by atoms with Gasteiger partial charge in [0, 0.05) is 103 Å². The summed E-state index contributed by atoms with van der Waals surface area (Å²) < 4.78 is 21.9. The molecule has 102 heavy (non-hydrogen) atoms. The standard InChI is InChI=1S/C93H58N6O3/c94-56-78-75-55-80(97-49-45-59(46-50-97)58-22-5-1-6-23-58)86-76-52-65(98-51-47-68-63(57-98)30-20-36-70(68)69-35-19-29-60-26-13-14-33-67(60)69)41-43-83(76)101-93(86)89(75)87-77(85(78)90(62-27-9-3-10-28-62)96-64-31-11-4-12-32-64)54-73(61-24-7-2-8-25-61)92-88(87)72-37-21-38-79(91(72)102-92)99(84-40-17-18-48-95-84)66-42-44-82-74(53-66)71-34-15-16-39-81(71)100-82/h1-49,52-55,57H,50-51H2. The van der Waals surface area contributed by atoms with Gasteiger partial charge in [0.05, 0.1) is 33.7 Å². The van der Waals surface area contributed by atoms with Crippen molar-refractivity contribution in [1.29, 1.82) is 5.26 Å². The molecule has 6 heterocycles. The van der Waals surface area contributed by atoms with Gasteiger partial charge in [-0.2, -0.15) is 5.26 Å². The average molecular weight is 1310 g/mol. The molecule has 4 aromatic heterocycles. The van der Waals surface area contributed by atoms with Gasteiger partial charge in [-0.15, -0.1) is 0 Å². The minimum absolute atomic E-state index is 0.456. The Morgan fingerprint density at radius 1 is 0.461 bits per heavy atom. The fourth-order valence-corrected chi connectivity index (χ4v) is 15.8. The fourth-order valence-electron chi connectivity index (χ4n) is 15.8. The van der Waals surface area contributed by atoms with E-state index in [0.717, 1.165) is 121 Å². The molecule has 18 aromatic rings. The summed E-state index contributed by atoms with van der Waals surface area (Å²) in [4.78, 5) is 17.5. The van der Waals surface area contributed by atoms with Crippen LogP contribution in [0.2, 0.25) is 0 Å². The van der Waals surface area contributed by atoms with Gasteiger partial charge in [0.2, 0.25) is 0 Å². The summed E-state index contributed by atoms with van der Waals surface area (Å²) in [7, 11) is 0. The highest BCUT2D eigenvalue weighted by molar-refractivity contribution is 6.40. The number of allylic oxidation sites excluding steroid dienone is 2. The van der Waals surface area contributed by atoms with E-state index in [2.05, 4.69) is 246 Å². The number of nitriles is 1. The molecule has 9 heteroatoms. The van der Waals surface area contributed by atoms with Crippen LogP contribution in [0.15, 0.2) is 334 Å². The van der Waals surface area contributed by atoms with Crippen LogP contribution in [-0.2, 0) is 0 Å². The molecular weight excluding hydrogens is 1250 g/mol. The number of aromatic nitrogens is 1. The summed E-state index contributed by atoms with van der Waals surface area (Å²) in [5.74, 6) is 0.699. The topological polar surface area (TPSA) is 98.2 Å². The number of nitrogens with zero attached hydrogens (tertiary/aromatic N) is 6. The van der Waals surface area contributed by atoms with E-state index in [9.17, 15) is 5.26 Å². The van der Waals surface area contributed by atoms with Gasteiger partial charge in [-0.1, -0.05) is 218 Å². The first-order valence-corrected chi connectivity index (χ1v) is 34.4. The lowest BCUT2D eigenvalue weighted by Crippen LogP contribution is -2.36. The van der Waals surface area contributed by atoms with Crippen molar-refractivity contribution in [2.75, 3.05) is 27.8 Å². The molecule has 14 aromatic carbocycles. The first kappa shape index (κ1) is 58.4. The minimum atomic E-state index is 0.456. The maximum atomic E-state index is 12.5. The van der Waals surface area contributed by atoms with Crippen molar-refractivity contribution in [2.45, 2.75) is 0 Å². The van der Waals surface area contributed by atoms with Crippen LogP contribution in [0.5, 0.6) is 0 Å². The summed E-state index contributed by atoms with van der Waals surface area (Å²) in [5, 5.41) is 26.0. The Morgan fingerprint density at radius 3 is 1.96 bits per heavy atom. The molecule has 0 spiro atoms. The molecule has 0 aliphatic carbocycles. The number of pyridine rings is 1. The SMILES string of the molecule is N#Cc1c(C(=Nc2ccccc2)c2ccccc2)c2cc(-c3ccccc3)c3oc4c(N(c5ccc6oc7ccccc7c6c5)c5ccccn5)cccc4c3c2c2c1cc(N1C=CC(c3ccccc3)=CC1)c1c3cc(N4C=c5cccc(-c6cccc7ccccc67)c5=CC4)ccc3oc12. The van der Waals surface area contributed by atoms with Gasteiger partial charge in [0.15, 0.2) is 5.58 Å². The molecule has 0 amide bonds. The highest BCUT2D eigenvalue weighted by atomic mass is 16.3. The van der Waals surface area contributed by atoms with Crippen LogP contribution in [0, 0.1) is 11.3 Å². The van der Waals surface area contributed by atoms with Crippen molar-refractivity contribution in [3.05, 3.63) is 348 Å². The highest BCUT2D eigenvalue weighted by Gasteiger charge is 2.32.